The van der Waals surface area contributed by atoms with Gasteiger partial charge in [0.25, 0.3) is 5.69 Å². The molecular formula is C18H20N4O5. The molecule has 0 amide bonds. The largest absolute Gasteiger partial charge is 0.392 e. The lowest BCUT2D eigenvalue weighted by Crippen LogP contribution is -2.27. The lowest BCUT2D eigenvalue weighted by Gasteiger charge is -2.21. The van der Waals surface area contributed by atoms with E-state index in [2.05, 4.69) is 5.32 Å². The van der Waals surface area contributed by atoms with Crippen molar-refractivity contribution in [2.45, 2.75) is 26.0 Å². The molecule has 1 fully saturated rings. The van der Waals surface area contributed by atoms with Gasteiger partial charge < -0.3 is 15.3 Å². The lowest BCUT2D eigenvalue weighted by molar-refractivity contribution is -0.393. The molecule has 1 atom stereocenters. The first-order valence-electron chi connectivity index (χ1n) is 8.55. The Kier molecular flexibility index (Phi) is 5.22. The van der Waals surface area contributed by atoms with E-state index in [1.807, 2.05) is 30.3 Å². The minimum atomic E-state index is -0.626. The molecule has 0 saturated carbocycles. The zero-order chi connectivity index (χ0) is 19.6. The lowest BCUT2D eigenvalue weighted by atomic mass is 10.0. The topological polar surface area (TPSA) is 122 Å². The molecule has 1 aliphatic heterocycles. The van der Waals surface area contributed by atoms with E-state index in [9.17, 15) is 25.3 Å². The van der Waals surface area contributed by atoms with Crippen molar-refractivity contribution >= 4 is 22.7 Å². The van der Waals surface area contributed by atoms with Crippen LogP contribution in [0.5, 0.6) is 0 Å². The van der Waals surface area contributed by atoms with Crippen LogP contribution in [0, 0.1) is 27.2 Å². The van der Waals surface area contributed by atoms with Crippen molar-refractivity contribution in [3.8, 4) is 0 Å². The highest BCUT2D eigenvalue weighted by Crippen LogP contribution is 2.43. The Morgan fingerprint density at radius 2 is 1.93 bits per heavy atom. The summed E-state index contributed by atoms with van der Waals surface area (Å²) >= 11 is 0. The average Bonchev–Trinajstić information content (AvgIpc) is 3.09. The molecule has 0 aromatic heterocycles. The van der Waals surface area contributed by atoms with E-state index in [1.165, 1.54) is 13.0 Å². The third-order valence-corrected chi connectivity index (χ3v) is 4.81. The van der Waals surface area contributed by atoms with Crippen LogP contribution in [-0.2, 0) is 6.61 Å². The summed E-state index contributed by atoms with van der Waals surface area (Å²) < 4.78 is 0. The highest BCUT2D eigenvalue weighted by molar-refractivity contribution is 5.79. The van der Waals surface area contributed by atoms with Gasteiger partial charge in [0.1, 0.15) is 0 Å². The summed E-state index contributed by atoms with van der Waals surface area (Å²) in [6.07, 6.45) is 0.698. The average molecular weight is 372 g/mol. The Labute approximate surface area is 155 Å². The molecule has 3 rings (SSSR count). The first-order chi connectivity index (χ1) is 12.9. The summed E-state index contributed by atoms with van der Waals surface area (Å²) in [5.41, 5.74) is 0.723. The van der Waals surface area contributed by atoms with Gasteiger partial charge in [0.15, 0.2) is 5.69 Å². The second-order valence-corrected chi connectivity index (χ2v) is 6.49. The molecule has 1 aliphatic rings. The summed E-state index contributed by atoms with van der Waals surface area (Å²) in [7, 11) is 0. The quantitative estimate of drug-likeness (QED) is 0.590. The Morgan fingerprint density at radius 3 is 2.52 bits per heavy atom. The van der Waals surface area contributed by atoms with Gasteiger partial charge in [0.05, 0.1) is 16.5 Å². The standard InChI is InChI=1S/C18H20N4O5/c1-12-13(11-23)9-16(21(24)25)18(17(12)22(26)27)20-8-7-15(10-20)19-14-5-3-2-4-6-14/h2-6,9,15,19,23H,7-8,10-11H2,1H3. The van der Waals surface area contributed by atoms with Gasteiger partial charge in [-0.3, -0.25) is 20.2 Å². The minimum Gasteiger partial charge on any atom is -0.392 e. The smallest absolute Gasteiger partial charge is 0.302 e. The van der Waals surface area contributed by atoms with Crippen LogP contribution in [0.2, 0.25) is 0 Å². The van der Waals surface area contributed by atoms with E-state index in [-0.39, 0.29) is 34.2 Å². The van der Waals surface area contributed by atoms with Crippen molar-refractivity contribution < 1.29 is 15.0 Å². The van der Waals surface area contributed by atoms with Crippen molar-refractivity contribution in [2.75, 3.05) is 23.3 Å². The van der Waals surface area contributed by atoms with Crippen LogP contribution in [0.3, 0.4) is 0 Å². The van der Waals surface area contributed by atoms with Crippen LogP contribution in [0.1, 0.15) is 17.5 Å². The van der Waals surface area contributed by atoms with E-state index >= 15 is 0 Å². The summed E-state index contributed by atoms with van der Waals surface area (Å²) in [6.45, 7) is 1.89. The van der Waals surface area contributed by atoms with Gasteiger partial charge in [-0.2, -0.15) is 0 Å². The number of nitro groups is 2. The first kappa shape index (κ1) is 18.6. The molecule has 2 aromatic carbocycles. The van der Waals surface area contributed by atoms with Crippen molar-refractivity contribution in [2.24, 2.45) is 0 Å². The van der Waals surface area contributed by atoms with E-state index in [0.29, 0.717) is 19.5 Å². The number of nitrogens with one attached hydrogen (secondary N) is 1. The van der Waals surface area contributed by atoms with E-state index < -0.39 is 16.5 Å². The number of nitrogens with zero attached hydrogens (tertiary/aromatic N) is 3. The van der Waals surface area contributed by atoms with Crippen LogP contribution < -0.4 is 10.2 Å². The molecule has 9 heteroatoms. The molecule has 1 heterocycles. The fourth-order valence-electron chi connectivity index (χ4n) is 3.48. The highest BCUT2D eigenvalue weighted by Gasteiger charge is 2.36. The van der Waals surface area contributed by atoms with E-state index in [4.69, 9.17) is 0 Å². The van der Waals surface area contributed by atoms with Crippen molar-refractivity contribution in [1.82, 2.24) is 0 Å². The number of anilines is 2. The van der Waals surface area contributed by atoms with E-state index in [0.717, 1.165) is 5.69 Å². The van der Waals surface area contributed by atoms with Gasteiger partial charge >= 0.3 is 5.69 Å². The second kappa shape index (κ2) is 7.58. The fourth-order valence-corrected chi connectivity index (χ4v) is 3.48. The number of benzene rings is 2. The second-order valence-electron chi connectivity index (χ2n) is 6.49. The minimum absolute atomic E-state index is 0.0112. The predicted molar refractivity (Wildman–Crippen MR) is 101 cm³/mol. The van der Waals surface area contributed by atoms with Crippen LogP contribution in [-0.4, -0.2) is 34.1 Å². The maximum atomic E-state index is 11.7. The third kappa shape index (κ3) is 3.68. The predicted octanol–water partition coefficient (Wildman–Crippen LogP) is 2.99. The number of aliphatic hydroxyl groups is 1. The normalized spacial score (nSPS) is 16.4. The highest BCUT2D eigenvalue weighted by atomic mass is 16.6. The number of rotatable bonds is 6. The molecule has 2 N–H and O–H groups in total. The zero-order valence-corrected chi connectivity index (χ0v) is 14.8. The monoisotopic (exact) mass is 372 g/mol. The number of hydrogen-bond donors (Lipinski definition) is 2. The van der Waals surface area contributed by atoms with Crippen molar-refractivity contribution in [3.63, 3.8) is 0 Å². The molecule has 0 bridgehead atoms. The molecule has 2 aromatic rings. The molecule has 27 heavy (non-hydrogen) atoms. The van der Waals surface area contributed by atoms with Crippen LogP contribution in [0.4, 0.5) is 22.7 Å². The Bertz CT molecular complexity index is 872. The Balaban J connectivity index is 1.97. The van der Waals surface area contributed by atoms with Gasteiger partial charge in [0.2, 0.25) is 0 Å². The van der Waals surface area contributed by atoms with Crippen LogP contribution >= 0.6 is 0 Å². The van der Waals surface area contributed by atoms with Gasteiger partial charge in [-0.15, -0.1) is 0 Å². The van der Waals surface area contributed by atoms with Gasteiger partial charge in [0, 0.05) is 36.4 Å². The maximum absolute atomic E-state index is 11.7. The molecule has 1 unspecified atom stereocenters. The van der Waals surface area contributed by atoms with Crippen LogP contribution in [0.25, 0.3) is 0 Å². The summed E-state index contributed by atoms with van der Waals surface area (Å²) in [4.78, 5) is 23.7. The number of para-hydroxylation sites is 1. The molecule has 0 spiro atoms. The molecule has 142 valence electrons. The number of nitro benzene ring substituents is 2. The SMILES string of the molecule is Cc1c(CO)cc([N+](=O)[O-])c(N2CCC(Nc3ccccc3)C2)c1[N+](=O)[O-]. The van der Waals surface area contributed by atoms with Gasteiger partial charge in [-0.05, 0) is 31.0 Å². The molecule has 0 radical (unpaired) electrons. The number of aliphatic hydroxyl groups excluding tert-OH is 1. The summed E-state index contributed by atoms with van der Waals surface area (Å²) in [5.74, 6) is 0. The fraction of sp³-hybridized carbons (Fsp3) is 0.333. The molecule has 0 aliphatic carbocycles. The summed E-state index contributed by atoms with van der Waals surface area (Å²) in [5, 5.41) is 36.0. The third-order valence-electron chi connectivity index (χ3n) is 4.81. The van der Waals surface area contributed by atoms with E-state index in [1.54, 1.807) is 4.90 Å². The molecular weight excluding hydrogens is 352 g/mol. The van der Waals surface area contributed by atoms with Crippen molar-refractivity contribution in [3.05, 3.63) is 67.8 Å². The first-order valence-corrected chi connectivity index (χ1v) is 8.55. The van der Waals surface area contributed by atoms with Gasteiger partial charge in [-0.1, -0.05) is 18.2 Å². The number of hydrogen-bond acceptors (Lipinski definition) is 7. The van der Waals surface area contributed by atoms with Crippen molar-refractivity contribution in [1.29, 1.82) is 0 Å². The summed E-state index contributed by atoms with van der Waals surface area (Å²) in [6, 6.07) is 10.8. The maximum Gasteiger partial charge on any atom is 0.302 e. The van der Waals surface area contributed by atoms with Gasteiger partial charge in [-0.25, -0.2) is 0 Å². The molecule has 1 saturated heterocycles. The Hall–Kier alpha value is -3.20. The zero-order valence-electron chi connectivity index (χ0n) is 14.8. The Morgan fingerprint density at radius 1 is 1.22 bits per heavy atom. The van der Waals surface area contributed by atoms with Crippen LogP contribution in [0.15, 0.2) is 36.4 Å². The molecule has 9 nitrogen and oxygen atoms in total.